The summed E-state index contributed by atoms with van der Waals surface area (Å²) in [4.78, 5) is 17.5. The standard InChI is InChI=1S/C13H17N3O2/c1-4-7-14-13(18)11-5-6-12(15-8-11)16(3)9-10(2)17/h1,5-6,8,10,17H,7,9H2,2-3H3,(H,14,18)/t10-/m1/s1. The lowest BCUT2D eigenvalue weighted by atomic mass is 10.2. The fourth-order valence-electron chi connectivity index (χ4n) is 1.47. The van der Waals surface area contributed by atoms with Gasteiger partial charge in [-0.3, -0.25) is 4.79 Å². The van der Waals surface area contributed by atoms with Crippen molar-refractivity contribution in [2.75, 3.05) is 25.0 Å². The van der Waals surface area contributed by atoms with E-state index < -0.39 is 6.10 Å². The van der Waals surface area contributed by atoms with E-state index in [1.54, 1.807) is 19.1 Å². The molecule has 0 bridgehead atoms. The van der Waals surface area contributed by atoms with E-state index in [-0.39, 0.29) is 12.5 Å². The molecule has 5 heteroatoms. The highest BCUT2D eigenvalue weighted by Gasteiger charge is 2.08. The molecule has 1 aromatic heterocycles. The lowest BCUT2D eigenvalue weighted by Gasteiger charge is -2.19. The quantitative estimate of drug-likeness (QED) is 0.733. The third-order valence-electron chi connectivity index (χ3n) is 2.29. The Labute approximate surface area is 107 Å². The number of aliphatic hydroxyl groups excluding tert-OH is 1. The van der Waals surface area contributed by atoms with Crippen molar-refractivity contribution in [3.8, 4) is 12.3 Å². The van der Waals surface area contributed by atoms with E-state index in [4.69, 9.17) is 6.42 Å². The van der Waals surface area contributed by atoms with Crippen LogP contribution in [-0.2, 0) is 0 Å². The molecule has 0 radical (unpaired) electrons. The van der Waals surface area contributed by atoms with E-state index >= 15 is 0 Å². The molecule has 0 aliphatic carbocycles. The number of carbonyl (C=O) groups is 1. The molecule has 0 saturated carbocycles. The van der Waals surface area contributed by atoms with Gasteiger partial charge in [-0.05, 0) is 19.1 Å². The Morgan fingerprint density at radius 2 is 2.39 bits per heavy atom. The average molecular weight is 247 g/mol. The first-order valence-electron chi connectivity index (χ1n) is 5.61. The van der Waals surface area contributed by atoms with Crippen LogP contribution in [-0.4, -0.2) is 42.2 Å². The molecule has 18 heavy (non-hydrogen) atoms. The SMILES string of the molecule is C#CCNC(=O)c1ccc(N(C)C[C@@H](C)O)nc1. The van der Waals surface area contributed by atoms with Gasteiger partial charge in [-0.2, -0.15) is 0 Å². The normalized spacial score (nSPS) is 11.4. The van der Waals surface area contributed by atoms with E-state index in [0.29, 0.717) is 17.9 Å². The number of terminal acetylenes is 1. The van der Waals surface area contributed by atoms with Gasteiger partial charge < -0.3 is 15.3 Å². The van der Waals surface area contributed by atoms with Gasteiger partial charge in [-0.1, -0.05) is 5.92 Å². The zero-order valence-corrected chi connectivity index (χ0v) is 10.6. The number of anilines is 1. The Morgan fingerprint density at radius 1 is 1.67 bits per heavy atom. The number of hydrogen-bond donors (Lipinski definition) is 2. The molecule has 2 N–H and O–H groups in total. The molecule has 0 saturated heterocycles. The summed E-state index contributed by atoms with van der Waals surface area (Å²) in [6.07, 6.45) is 6.11. The van der Waals surface area contributed by atoms with Crippen LogP contribution in [0.15, 0.2) is 18.3 Å². The molecule has 0 aliphatic rings. The van der Waals surface area contributed by atoms with Crippen LogP contribution in [0.2, 0.25) is 0 Å². The fraction of sp³-hybridized carbons (Fsp3) is 0.385. The lowest BCUT2D eigenvalue weighted by Crippen LogP contribution is -2.28. The highest BCUT2D eigenvalue weighted by Crippen LogP contribution is 2.09. The van der Waals surface area contributed by atoms with Crippen LogP contribution >= 0.6 is 0 Å². The highest BCUT2D eigenvalue weighted by molar-refractivity contribution is 5.94. The minimum atomic E-state index is -0.435. The number of rotatable bonds is 5. The first-order valence-corrected chi connectivity index (χ1v) is 5.61. The van der Waals surface area contributed by atoms with Crippen LogP contribution < -0.4 is 10.2 Å². The second-order valence-corrected chi connectivity index (χ2v) is 4.02. The van der Waals surface area contributed by atoms with Crippen molar-refractivity contribution >= 4 is 11.7 Å². The second-order valence-electron chi connectivity index (χ2n) is 4.02. The number of aliphatic hydroxyl groups is 1. The molecule has 0 aromatic carbocycles. The summed E-state index contributed by atoms with van der Waals surface area (Å²) in [6.45, 7) is 2.39. The van der Waals surface area contributed by atoms with Crippen molar-refractivity contribution in [2.24, 2.45) is 0 Å². The number of pyridine rings is 1. The average Bonchev–Trinajstić information content (AvgIpc) is 2.35. The molecule has 0 unspecified atom stereocenters. The minimum absolute atomic E-state index is 0.197. The number of carbonyl (C=O) groups excluding carboxylic acids is 1. The Morgan fingerprint density at radius 3 is 2.89 bits per heavy atom. The summed E-state index contributed by atoms with van der Waals surface area (Å²) in [5.74, 6) is 2.78. The molecule has 1 heterocycles. The minimum Gasteiger partial charge on any atom is -0.392 e. The van der Waals surface area contributed by atoms with Crippen LogP contribution in [0.25, 0.3) is 0 Å². The van der Waals surface area contributed by atoms with Gasteiger partial charge in [0, 0.05) is 19.8 Å². The molecule has 0 spiro atoms. The zero-order valence-electron chi connectivity index (χ0n) is 10.6. The predicted molar refractivity (Wildman–Crippen MR) is 70.4 cm³/mol. The highest BCUT2D eigenvalue weighted by atomic mass is 16.3. The summed E-state index contributed by atoms with van der Waals surface area (Å²) in [5, 5.41) is 11.8. The van der Waals surface area contributed by atoms with E-state index in [0.717, 1.165) is 0 Å². The van der Waals surface area contributed by atoms with Crippen molar-refractivity contribution in [1.29, 1.82) is 0 Å². The van der Waals surface area contributed by atoms with Gasteiger partial charge in [0.15, 0.2) is 0 Å². The summed E-state index contributed by atoms with van der Waals surface area (Å²) in [7, 11) is 1.83. The molecule has 1 rings (SSSR count). The van der Waals surface area contributed by atoms with Gasteiger partial charge in [0.2, 0.25) is 0 Å². The maximum absolute atomic E-state index is 11.6. The molecule has 0 fully saturated rings. The number of likely N-dealkylation sites (N-methyl/N-ethyl adjacent to an activating group) is 1. The van der Waals surface area contributed by atoms with Gasteiger partial charge in [0.25, 0.3) is 5.91 Å². The van der Waals surface area contributed by atoms with E-state index in [1.165, 1.54) is 6.20 Å². The summed E-state index contributed by atoms with van der Waals surface area (Å²) in [6, 6.07) is 3.40. The van der Waals surface area contributed by atoms with Gasteiger partial charge >= 0.3 is 0 Å². The number of nitrogens with zero attached hydrogens (tertiary/aromatic N) is 2. The van der Waals surface area contributed by atoms with Crippen LogP contribution in [0.3, 0.4) is 0 Å². The van der Waals surface area contributed by atoms with Crippen molar-refractivity contribution in [2.45, 2.75) is 13.0 Å². The Balaban J connectivity index is 2.68. The maximum atomic E-state index is 11.6. The zero-order chi connectivity index (χ0) is 13.5. The van der Waals surface area contributed by atoms with Gasteiger partial charge in [-0.15, -0.1) is 6.42 Å². The third-order valence-corrected chi connectivity index (χ3v) is 2.29. The summed E-state index contributed by atoms with van der Waals surface area (Å²) < 4.78 is 0. The van der Waals surface area contributed by atoms with Crippen molar-refractivity contribution in [3.05, 3.63) is 23.9 Å². The maximum Gasteiger partial charge on any atom is 0.253 e. The lowest BCUT2D eigenvalue weighted by molar-refractivity contribution is 0.0958. The van der Waals surface area contributed by atoms with Crippen LogP contribution in [0.4, 0.5) is 5.82 Å². The van der Waals surface area contributed by atoms with E-state index in [9.17, 15) is 9.90 Å². The van der Waals surface area contributed by atoms with E-state index in [1.807, 2.05) is 11.9 Å². The monoisotopic (exact) mass is 247 g/mol. The van der Waals surface area contributed by atoms with E-state index in [2.05, 4.69) is 16.2 Å². The molecule has 1 aromatic rings. The van der Waals surface area contributed by atoms with Gasteiger partial charge in [-0.25, -0.2) is 4.98 Å². The molecule has 1 atom stereocenters. The number of aromatic nitrogens is 1. The molecule has 0 aliphatic heterocycles. The molecule has 96 valence electrons. The largest absolute Gasteiger partial charge is 0.392 e. The smallest absolute Gasteiger partial charge is 0.253 e. The van der Waals surface area contributed by atoms with Crippen molar-refractivity contribution < 1.29 is 9.90 Å². The Hall–Kier alpha value is -2.06. The second kappa shape index (κ2) is 6.62. The number of amides is 1. The third kappa shape index (κ3) is 4.07. The summed E-state index contributed by atoms with van der Waals surface area (Å²) >= 11 is 0. The predicted octanol–water partition coefficient (Wildman–Crippen LogP) is 0.262. The fourth-order valence-corrected chi connectivity index (χ4v) is 1.47. The van der Waals surface area contributed by atoms with Crippen LogP contribution in [0.5, 0.6) is 0 Å². The van der Waals surface area contributed by atoms with Crippen molar-refractivity contribution in [3.63, 3.8) is 0 Å². The topological polar surface area (TPSA) is 65.5 Å². The molecule has 5 nitrogen and oxygen atoms in total. The number of hydrogen-bond acceptors (Lipinski definition) is 4. The van der Waals surface area contributed by atoms with Crippen LogP contribution in [0, 0.1) is 12.3 Å². The molecular formula is C13H17N3O2. The van der Waals surface area contributed by atoms with Crippen LogP contribution in [0.1, 0.15) is 17.3 Å². The first kappa shape index (κ1) is 14.0. The Bertz CT molecular complexity index is 435. The molecular weight excluding hydrogens is 230 g/mol. The van der Waals surface area contributed by atoms with Gasteiger partial charge in [0.1, 0.15) is 5.82 Å². The molecule has 1 amide bonds. The Kier molecular flexibility index (Phi) is 5.15. The first-order chi connectivity index (χ1) is 8.54. The van der Waals surface area contributed by atoms with Crippen molar-refractivity contribution in [1.82, 2.24) is 10.3 Å². The number of nitrogens with one attached hydrogen (secondary N) is 1. The summed E-state index contributed by atoms with van der Waals surface area (Å²) in [5.41, 5.74) is 0.458. The van der Waals surface area contributed by atoms with Gasteiger partial charge in [0.05, 0.1) is 18.2 Å².